The van der Waals surface area contributed by atoms with Gasteiger partial charge in [-0.1, -0.05) is 0 Å². The average molecular weight is 211 g/mol. The highest BCUT2D eigenvalue weighted by atomic mass is 15.1. The SMILES string of the molecule is N#Cc1cc(N2CCCC2)c2cc[nH]c2c1. The normalized spacial score (nSPS) is 15.6. The lowest BCUT2D eigenvalue weighted by Gasteiger charge is -2.18. The Morgan fingerprint density at radius 3 is 2.81 bits per heavy atom. The van der Waals surface area contributed by atoms with Gasteiger partial charge in [0.05, 0.1) is 11.6 Å². The summed E-state index contributed by atoms with van der Waals surface area (Å²) in [6.45, 7) is 2.21. The van der Waals surface area contributed by atoms with Gasteiger partial charge in [-0.05, 0) is 31.0 Å². The third kappa shape index (κ3) is 1.35. The van der Waals surface area contributed by atoms with E-state index in [-0.39, 0.29) is 0 Å². The average Bonchev–Trinajstić information content (AvgIpc) is 2.98. The number of H-pyrrole nitrogens is 1. The highest BCUT2D eigenvalue weighted by molar-refractivity contribution is 5.93. The molecule has 0 radical (unpaired) electrons. The standard InChI is InChI=1S/C13H13N3/c14-9-10-7-12-11(3-4-15-12)13(8-10)16-5-1-2-6-16/h3-4,7-8,15H,1-2,5-6H2. The Morgan fingerprint density at radius 1 is 1.25 bits per heavy atom. The summed E-state index contributed by atoms with van der Waals surface area (Å²) < 4.78 is 0. The van der Waals surface area contributed by atoms with Crippen LogP contribution in [-0.4, -0.2) is 18.1 Å². The number of benzene rings is 1. The minimum absolute atomic E-state index is 0.733. The van der Waals surface area contributed by atoms with E-state index < -0.39 is 0 Å². The van der Waals surface area contributed by atoms with Crippen molar-refractivity contribution in [2.75, 3.05) is 18.0 Å². The van der Waals surface area contributed by atoms with E-state index >= 15 is 0 Å². The summed E-state index contributed by atoms with van der Waals surface area (Å²) in [6, 6.07) is 8.23. The van der Waals surface area contributed by atoms with Crippen LogP contribution in [0.4, 0.5) is 5.69 Å². The van der Waals surface area contributed by atoms with Crippen molar-refractivity contribution < 1.29 is 0 Å². The van der Waals surface area contributed by atoms with Gasteiger partial charge in [-0.3, -0.25) is 0 Å². The third-order valence-electron chi connectivity index (χ3n) is 3.22. The van der Waals surface area contributed by atoms with E-state index in [9.17, 15) is 0 Å². The number of nitrogens with zero attached hydrogens (tertiary/aromatic N) is 2. The summed E-state index contributed by atoms with van der Waals surface area (Å²) in [5.41, 5.74) is 2.99. The molecular formula is C13H13N3. The summed E-state index contributed by atoms with van der Waals surface area (Å²) in [7, 11) is 0. The number of aromatic amines is 1. The maximum atomic E-state index is 9.02. The number of aromatic nitrogens is 1. The van der Waals surface area contributed by atoms with Gasteiger partial charge in [-0.25, -0.2) is 0 Å². The van der Waals surface area contributed by atoms with E-state index in [2.05, 4.69) is 22.0 Å². The van der Waals surface area contributed by atoms with Crippen LogP contribution < -0.4 is 4.90 Å². The molecule has 0 amide bonds. The Kier molecular flexibility index (Phi) is 2.07. The molecule has 0 saturated carbocycles. The summed E-state index contributed by atoms with van der Waals surface area (Å²) >= 11 is 0. The molecule has 1 saturated heterocycles. The molecule has 1 aliphatic heterocycles. The second-order valence-corrected chi connectivity index (χ2v) is 4.24. The first kappa shape index (κ1) is 9.29. The van der Waals surface area contributed by atoms with Crippen LogP contribution in [0.2, 0.25) is 0 Å². The zero-order valence-corrected chi connectivity index (χ0v) is 9.03. The zero-order valence-electron chi connectivity index (χ0n) is 9.03. The number of fused-ring (bicyclic) bond motifs is 1. The van der Waals surface area contributed by atoms with Gasteiger partial charge in [0.2, 0.25) is 0 Å². The summed E-state index contributed by atoms with van der Waals surface area (Å²) in [4.78, 5) is 5.55. The lowest BCUT2D eigenvalue weighted by atomic mass is 10.1. The highest BCUT2D eigenvalue weighted by Crippen LogP contribution is 2.30. The van der Waals surface area contributed by atoms with Gasteiger partial charge < -0.3 is 9.88 Å². The number of hydrogen-bond acceptors (Lipinski definition) is 2. The molecule has 1 aromatic heterocycles. The lowest BCUT2D eigenvalue weighted by Crippen LogP contribution is -2.17. The maximum absolute atomic E-state index is 9.02. The molecule has 0 spiro atoms. The van der Waals surface area contributed by atoms with E-state index in [1.54, 1.807) is 0 Å². The topological polar surface area (TPSA) is 42.8 Å². The van der Waals surface area contributed by atoms with Crippen LogP contribution in [0.15, 0.2) is 24.4 Å². The highest BCUT2D eigenvalue weighted by Gasteiger charge is 2.16. The van der Waals surface area contributed by atoms with Gasteiger partial charge in [0.1, 0.15) is 0 Å². The van der Waals surface area contributed by atoms with E-state index in [1.807, 2.05) is 18.3 Å². The number of hydrogen-bond donors (Lipinski definition) is 1. The number of nitriles is 1. The number of anilines is 1. The van der Waals surface area contributed by atoms with Crippen LogP contribution in [0.25, 0.3) is 10.9 Å². The van der Waals surface area contributed by atoms with Gasteiger partial charge in [0, 0.05) is 35.9 Å². The molecule has 2 aromatic rings. The van der Waals surface area contributed by atoms with E-state index in [1.165, 1.54) is 23.9 Å². The molecule has 3 nitrogen and oxygen atoms in total. The Morgan fingerprint density at radius 2 is 2.06 bits per heavy atom. The van der Waals surface area contributed by atoms with Gasteiger partial charge in [0.15, 0.2) is 0 Å². The first-order chi connectivity index (χ1) is 7.88. The molecule has 0 unspecified atom stereocenters. The molecule has 3 rings (SSSR count). The monoisotopic (exact) mass is 211 g/mol. The van der Waals surface area contributed by atoms with Crippen molar-refractivity contribution in [3.8, 4) is 6.07 Å². The molecule has 1 fully saturated rings. The molecule has 2 heterocycles. The van der Waals surface area contributed by atoms with Gasteiger partial charge >= 0.3 is 0 Å². The van der Waals surface area contributed by atoms with Gasteiger partial charge in [-0.2, -0.15) is 5.26 Å². The molecule has 3 heteroatoms. The second kappa shape index (κ2) is 3.57. The smallest absolute Gasteiger partial charge is 0.0993 e. The molecule has 1 N–H and O–H groups in total. The van der Waals surface area contributed by atoms with Crippen molar-refractivity contribution in [3.63, 3.8) is 0 Å². The first-order valence-corrected chi connectivity index (χ1v) is 5.65. The van der Waals surface area contributed by atoms with Crippen LogP contribution in [0.3, 0.4) is 0 Å². The van der Waals surface area contributed by atoms with Crippen LogP contribution in [0.1, 0.15) is 18.4 Å². The number of rotatable bonds is 1. The van der Waals surface area contributed by atoms with Crippen molar-refractivity contribution in [2.24, 2.45) is 0 Å². The molecule has 80 valence electrons. The first-order valence-electron chi connectivity index (χ1n) is 5.65. The molecular weight excluding hydrogens is 198 g/mol. The fraction of sp³-hybridized carbons (Fsp3) is 0.308. The van der Waals surface area contributed by atoms with Crippen LogP contribution >= 0.6 is 0 Å². The minimum atomic E-state index is 0.733. The van der Waals surface area contributed by atoms with Crippen molar-refractivity contribution in [2.45, 2.75) is 12.8 Å². The van der Waals surface area contributed by atoms with Gasteiger partial charge in [-0.15, -0.1) is 0 Å². The predicted molar refractivity (Wildman–Crippen MR) is 64.5 cm³/mol. The fourth-order valence-electron chi connectivity index (χ4n) is 2.43. The van der Waals surface area contributed by atoms with Crippen LogP contribution in [-0.2, 0) is 0 Å². The molecule has 0 atom stereocenters. The van der Waals surface area contributed by atoms with E-state index in [0.717, 1.165) is 24.2 Å². The zero-order chi connectivity index (χ0) is 11.0. The quantitative estimate of drug-likeness (QED) is 0.788. The lowest BCUT2D eigenvalue weighted by molar-refractivity contribution is 0.949. The van der Waals surface area contributed by atoms with Crippen LogP contribution in [0, 0.1) is 11.3 Å². The fourth-order valence-corrected chi connectivity index (χ4v) is 2.43. The Labute approximate surface area is 94.3 Å². The Hall–Kier alpha value is -1.95. The Bertz CT molecular complexity index is 556. The number of nitrogens with one attached hydrogen (secondary N) is 1. The minimum Gasteiger partial charge on any atom is -0.371 e. The van der Waals surface area contributed by atoms with Crippen molar-refractivity contribution in [3.05, 3.63) is 30.0 Å². The van der Waals surface area contributed by atoms with Gasteiger partial charge in [0.25, 0.3) is 0 Å². The largest absolute Gasteiger partial charge is 0.371 e. The predicted octanol–water partition coefficient (Wildman–Crippen LogP) is 2.64. The van der Waals surface area contributed by atoms with E-state index in [4.69, 9.17) is 5.26 Å². The molecule has 0 aliphatic carbocycles. The van der Waals surface area contributed by atoms with Crippen LogP contribution in [0.5, 0.6) is 0 Å². The third-order valence-corrected chi connectivity index (χ3v) is 3.22. The second-order valence-electron chi connectivity index (χ2n) is 4.24. The molecule has 16 heavy (non-hydrogen) atoms. The molecule has 1 aromatic carbocycles. The van der Waals surface area contributed by atoms with E-state index in [0.29, 0.717) is 0 Å². The summed E-state index contributed by atoms with van der Waals surface area (Å²) in [5, 5.41) is 10.2. The van der Waals surface area contributed by atoms with Crippen molar-refractivity contribution in [1.29, 1.82) is 5.26 Å². The van der Waals surface area contributed by atoms with Crippen molar-refractivity contribution >= 4 is 16.6 Å². The summed E-state index contributed by atoms with van der Waals surface area (Å²) in [5.74, 6) is 0. The maximum Gasteiger partial charge on any atom is 0.0993 e. The van der Waals surface area contributed by atoms with Crippen molar-refractivity contribution in [1.82, 2.24) is 4.98 Å². The summed E-state index contributed by atoms with van der Waals surface area (Å²) in [6.07, 6.45) is 4.44. The molecule has 0 bridgehead atoms. The Balaban J connectivity index is 2.20. The molecule has 1 aliphatic rings.